The van der Waals surface area contributed by atoms with E-state index in [-0.39, 0.29) is 5.97 Å². The van der Waals surface area contributed by atoms with Crippen molar-refractivity contribution >= 4 is 21.9 Å². The minimum Gasteiger partial charge on any atom is -0.465 e. The fourth-order valence-corrected chi connectivity index (χ4v) is 2.52. The molecule has 3 nitrogen and oxygen atoms in total. The molecule has 98 valence electrons. The van der Waals surface area contributed by atoms with Crippen molar-refractivity contribution < 1.29 is 9.53 Å². The number of hydrogen-bond donors (Lipinski definition) is 0. The SMILES string of the molecule is COC(=O)c1ccc(CN(C)CC2CC2)c(Br)c1. The van der Waals surface area contributed by atoms with Crippen LogP contribution >= 0.6 is 15.9 Å². The molecule has 4 heteroatoms. The molecule has 1 aromatic rings. The lowest BCUT2D eigenvalue weighted by molar-refractivity contribution is 0.0600. The number of benzene rings is 1. The number of rotatable bonds is 5. The topological polar surface area (TPSA) is 29.5 Å². The summed E-state index contributed by atoms with van der Waals surface area (Å²) >= 11 is 3.52. The van der Waals surface area contributed by atoms with Crippen molar-refractivity contribution in [3.63, 3.8) is 0 Å². The van der Waals surface area contributed by atoms with Crippen LogP contribution in [0.5, 0.6) is 0 Å². The Labute approximate surface area is 116 Å². The summed E-state index contributed by atoms with van der Waals surface area (Å²) in [5.74, 6) is 0.594. The first-order valence-corrected chi connectivity index (χ1v) is 6.94. The molecule has 0 spiro atoms. The van der Waals surface area contributed by atoms with Gasteiger partial charge in [-0.3, -0.25) is 0 Å². The van der Waals surface area contributed by atoms with Gasteiger partial charge in [0.1, 0.15) is 0 Å². The number of hydrogen-bond acceptors (Lipinski definition) is 3. The molecule has 1 fully saturated rings. The van der Waals surface area contributed by atoms with Gasteiger partial charge < -0.3 is 9.64 Å². The molecule has 0 bridgehead atoms. The number of halogens is 1. The molecule has 0 amide bonds. The summed E-state index contributed by atoms with van der Waals surface area (Å²) in [6.07, 6.45) is 2.74. The van der Waals surface area contributed by atoms with E-state index in [1.54, 1.807) is 0 Å². The van der Waals surface area contributed by atoms with Crippen LogP contribution in [0.25, 0.3) is 0 Å². The Morgan fingerprint density at radius 3 is 2.78 bits per heavy atom. The Hall–Kier alpha value is -0.870. The number of carbonyl (C=O) groups is 1. The predicted molar refractivity (Wildman–Crippen MR) is 74.5 cm³/mol. The van der Waals surface area contributed by atoms with Gasteiger partial charge in [-0.15, -0.1) is 0 Å². The van der Waals surface area contributed by atoms with E-state index in [1.165, 1.54) is 25.5 Å². The van der Waals surface area contributed by atoms with E-state index < -0.39 is 0 Å². The average molecular weight is 312 g/mol. The highest BCUT2D eigenvalue weighted by atomic mass is 79.9. The Bertz CT molecular complexity index is 443. The summed E-state index contributed by atoms with van der Waals surface area (Å²) in [4.78, 5) is 13.7. The van der Waals surface area contributed by atoms with Crippen molar-refractivity contribution in [1.29, 1.82) is 0 Å². The third kappa shape index (κ3) is 3.56. The van der Waals surface area contributed by atoms with Crippen molar-refractivity contribution in [3.05, 3.63) is 33.8 Å². The fourth-order valence-electron chi connectivity index (χ4n) is 2.02. The number of esters is 1. The van der Waals surface area contributed by atoms with Gasteiger partial charge in [0, 0.05) is 17.6 Å². The minimum atomic E-state index is -0.298. The molecule has 1 aliphatic rings. The zero-order valence-electron chi connectivity index (χ0n) is 10.8. The van der Waals surface area contributed by atoms with E-state index in [0.29, 0.717) is 5.56 Å². The summed E-state index contributed by atoms with van der Waals surface area (Å²) < 4.78 is 5.67. The molecule has 0 saturated heterocycles. The van der Waals surface area contributed by atoms with Gasteiger partial charge in [-0.25, -0.2) is 4.79 Å². The second-order valence-electron chi connectivity index (χ2n) is 4.94. The Balaban J connectivity index is 2.01. The van der Waals surface area contributed by atoms with Crippen LogP contribution in [0, 0.1) is 5.92 Å². The zero-order valence-corrected chi connectivity index (χ0v) is 12.4. The van der Waals surface area contributed by atoms with Gasteiger partial charge in [-0.05, 0) is 43.5 Å². The van der Waals surface area contributed by atoms with Crippen LogP contribution in [0.2, 0.25) is 0 Å². The maximum absolute atomic E-state index is 11.4. The van der Waals surface area contributed by atoms with Gasteiger partial charge in [-0.1, -0.05) is 22.0 Å². The van der Waals surface area contributed by atoms with Gasteiger partial charge >= 0.3 is 5.97 Å². The first-order valence-electron chi connectivity index (χ1n) is 6.15. The van der Waals surface area contributed by atoms with Crippen LogP contribution in [0.15, 0.2) is 22.7 Å². The van der Waals surface area contributed by atoms with Crippen LogP contribution in [-0.4, -0.2) is 31.6 Å². The standard InChI is InChI=1S/C14H18BrNO2/c1-16(8-10-3-4-10)9-12-6-5-11(7-13(12)15)14(17)18-2/h5-7,10H,3-4,8-9H2,1-2H3. The van der Waals surface area contributed by atoms with Crippen molar-refractivity contribution in [2.75, 3.05) is 20.7 Å². The lowest BCUT2D eigenvalue weighted by Crippen LogP contribution is -2.20. The summed E-state index contributed by atoms with van der Waals surface area (Å²) in [7, 11) is 3.53. The van der Waals surface area contributed by atoms with Gasteiger partial charge in [0.15, 0.2) is 0 Å². The lowest BCUT2D eigenvalue weighted by Gasteiger charge is -2.17. The first kappa shape index (κ1) is 13.6. The van der Waals surface area contributed by atoms with E-state index in [0.717, 1.165) is 23.5 Å². The molecule has 0 N–H and O–H groups in total. The number of ether oxygens (including phenoxy) is 1. The minimum absolute atomic E-state index is 0.298. The van der Waals surface area contributed by atoms with Crippen LogP contribution in [0.1, 0.15) is 28.8 Å². The molecule has 2 rings (SSSR count). The molecule has 0 unspecified atom stereocenters. The second-order valence-corrected chi connectivity index (χ2v) is 5.79. The maximum Gasteiger partial charge on any atom is 0.337 e. The van der Waals surface area contributed by atoms with Gasteiger partial charge in [0.2, 0.25) is 0 Å². The highest BCUT2D eigenvalue weighted by Crippen LogP contribution is 2.30. The van der Waals surface area contributed by atoms with Crippen LogP contribution in [0.3, 0.4) is 0 Å². The zero-order chi connectivity index (χ0) is 13.1. The second kappa shape index (κ2) is 5.85. The fraction of sp³-hybridized carbons (Fsp3) is 0.500. The highest BCUT2D eigenvalue weighted by Gasteiger charge is 2.23. The summed E-state index contributed by atoms with van der Waals surface area (Å²) in [5.41, 5.74) is 1.78. The first-order chi connectivity index (χ1) is 8.60. The highest BCUT2D eigenvalue weighted by molar-refractivity contribution is 9.10. The molecule has 0 aromatic heterocycles. The van der Waals surface area contributed by atoms with Gasteiger partial charge in [-0.2, -0.15) is 0 Å². The van der Waals surface area contributed by atoms with Crippen molar-refractivity contribution in [1.82, 2.24) is 4.90 Å². The van der Waals surface area contributed by atoms with E-state index in [1.807, 2.05) is 18.2 Å². The largest absolute Gasteiger partial charge is 0.465 e. The molecule has 0 atom stereocenters. The summed E-state index contributed by atoms with van der Waals surface area (Å²) in [6, 6.07) is 5.63. The smallest absolute Gasteiger partial charge is 0.337 e. The molecular formula is C14H18BrNO2. The Morgan fingerprint density at radius 1 is 1.50 bits per heavy atom. The van der Waals surface area contributed by atoms with Crippen molar-refractivity contribution in [3.8, 4) is 0 Å². The summed E-state index contributed by atoms with van der Waals surface area (Å²) in [6.45, 7) is 2.06. The predicted octanol–water partition coefficient (Wildman–Crippen LogP) is 3.08. The Kier molecular flexibility index (Phi) is 4.40. The quantitative estimate of drug-likeness (QED) is 0.783. The molecule has 0 heterocycles. The average Bonchev–Trinajstić information content (AvgIpc) is 3.14. The molecular weight excluding hydrogens is 294 g/mol. The van der Waals surface area contributed by atoms with E-state index in [4.69, 9.17) is 4.74 Å². The van der Waals surface area contributed by atoms with Crippen molar-refractivity contribution in [2.24, 2.45) is 5.92 Å². The molecule has 1 aromatic carbocycles. The van der Waals surface area contributed by atoms with E-state index in [9.17, 15) is 4.79 Å². The van der Waals surface area contributed by atoms with Crippen LogP contribution in [0.4, 0.5) is 0 Å². The van der Waals surface area contributed by atoms with Gasteiger partial charge in [0.25, 0.3) is 0 Å². The molecule has 0 aliphatic heterocycles. The van der Waals surface area contributed by atoms with Crippen LogP contribution < -0.4 is 0 Å². The molecule has 1 aliphatic carbocycles. The van der Waals surface area contributed by atoms with E-state index >= 15 is 0 Å². The third-order valence-corrected chi connectivity index (χ3v) is 3.92. The molecule has 1 saturated carbocycles. The molecule has 18 heavy (non-hydrogen) atoms. The summed E-state index contributed by atoms with van der Waals surface area (Å²) in [5, 5.41) is 0. The number of methoxy groups -OCH3 is 1. The normalized spacial score (nSPS) is 14.9. The number of nitrogens with zero attached hydrogens (tertiary/aromatic N) is 1. The van der Waals surface area contributed by atoms with Crippen molar-refractivity contribution in [2.45, 2.75) is 19.4 Å². The molecule has 0 radical (unpaired) electrons. The van der Waals surface area contributed by atoms with Gasteiger partial charge in [0.05, 0.1) is 12.7 Å². The monoisotopic (exact) mass is 311 g/mol. The number of carbonyl (C=O) groups excluding carboxylic acids is 1. The van der Waals surface area contributed by atoms with E-state index in [2.05, 4.69) is 27.9 Å². The third-order valence-electron chi connectivity index (χ3n) is 3.18. The lowest BCUT2D eigenvalue weighted by atomic mass is 10.1. The maximum atomic E-state index is 11.4. The van der Waals surface area contributed by atoms with Crippen LogP contribution in [-0.2, 0) is 11.3 Å². The Morgan fingerprint density at radius 2 is 2.22 bits per heavy atom.